The van der Waals surface area contributed by atoms with E-state index >= 15 is 0 Å². The van der Waals surface area contributed by atoms with Crippen LogP contribution in [0.15, 0.2) is 0 Å². The minimum absolute atomic E-state index is 0.667. The van der Waals surface area contributed by atoms with Crippen molar-refractivity contribution < 1.29 is 9.64 Å². The third-order valence-electron chi connectivity index (χ3n) is 2.15. The topological polar surface area (TPSA) is 13.7 Å². The molecule has 60 valence electrons. The summed E-state index contributed by atoms with van der Waals surface area (Å²) in [5, 5.41) is 0. The van der Waals surface area contributed by atoms with Crippen molar-refractivity contribution in [2.75, 3.05) is 19.8 Å². The highest BCUT2D eigenvalue weighted by molar-refractivity contribution is 4.60. The van der Waals surface area contributed by atoms with Crippen LogP contribution in [0.1, 0.15) is 19.8 Å². The molecule has 0 radical (unpaired) electrons. The van der Waals surface area contributed by atoms with Crippen LogP contribution in [-0.4, -0.2) is 25.8 Å². The van der Waals surface area contributed by atoms with Gasteiger partial charge in [-0.3, -0.25) is 0 Å². The summed E-state index contributed by atoms with van der Waals surface area (Å²) in [7, 11) is 4.01. The number of nitrogens with one attached hydrogen (secondary N) is 1. The van der Waals surface area contributed by atoms with Crippen molar-refractivity contribution in [1.29, 1.82) is 0 Å². The molecule has 1 fully saturated rings. The summed E-state index contributed by atoms with van der Waals surface area (Å²) in [6.45, 7) is 4.99. The van der Waals surface area contributed by atoms with Crippen LogP contribution in [0.2, 0.25) is 0 Å². The Bertz CT molecular complexity index is 95.3. The van der Waals surface area contributed by atoms with Gasteiger partial charge in [0.15, 0.2) is 0 Å². The molecule has 2 atom stereocenters. The lowest BCUT2D eigenvalue weighted by Crippen LogP contribution is -3.09. The fourth-order valence-electron chi connectivity index (χ4n) is 1.45. The van der Waals surface area contributed by atoms with Crippen LogP contribution in [-0.2, 0) is 4.74 Å². The number of hydrogen-bond donors (Lipinski definition) is 1. The maximum absolute atomic E-state index is 5.33. The van der Waals surface area contributed by atoms with Gasteiger partial charge < -0.3 is 9.64 Å². The van der Waals surface area contributed by atoms with Crippen molar-refractivity contribution >= 4 is 0 Å². The number of likely N-dealkylation sites (tertiary alicyclic amines) is 1. The fraction of sp³-hybridized carbons (Fsp3) is 0.875. The second-order valence-electron chi connectivity index (χ2n) is 2.91. The zero-order chi connectivity index (χ0) is 7.40. The van der Waals surface area contributed by atoms with Crippen molar-refractivity contribution in [3.8, 4) is 0 Å². The molecular formula is C8H17NO. The quantitative estimate of drug-likeness (QED) is 0.543. The standard InChI is InChI=1S/C8H17NO/c1-3-10-7-8-5-4-6-9(8)2/h8-9H,2-7H2,1H3/t8-/m0/s1. The molecule has 2 nitrogen and oxygen atoms in total. The molecule has 0 saturated carbocycles. The van der Waals surface area contributed by atoms with Gasteiger partial charge in [0.1, 0.15) is 0 Å². The summed E-state index contributed by atoms with van der Waals surface area (Å²) < 4.78 is 5.33. The molecular weight excluding hydrogens is 126 g/mol. The first-order chi connectivity index (χ1) is 4.84. The predicted molar refractivity (Wildman–Crippen MR) is 40.7 cm³/mol. The van der Waals surface area contributed by atoms with Crippen molar-refractivity contribution in [3.63, 3.8) is 0 Å². The molecule has 1 rings (SSSR count). The van der Waals surface area contributed by atoms with E-state index in [1.165, 1.54) is 24.3 Å². The molecule has 1 heterocycles. The van der Waals surface area contributed by atoms with Crippen LogP contribution in [0, 0.1) is 7.05 Å². The van der Waals surface area contributed by atoms with Crippen molar-refractivity contribution in [2.45, 2.75) is 25.8 Å². The Morgan fingerprint density at radius 2 is 2.50 bits per heavy atom. The summed E-state index contributed by atoms with van der Waals surface area (Å²) in [6, 6.07) is 0.667. The second kappa shape index (κ2) is 3.94. The lowest BCUT2D eigenvalue weighted by Gasteiger charge is -2.22. The Hall–Kier alpha value is -0.0800. The number of quaternary nitrogens is 1. The van der Waals surface area contributed by atoms with Crippen LogP contribution >= 0.6 is 0 Å². The van der Waals surface area contributed by atoms with Crippen LogP contribution in [0.25, 0.3) is 0 Å². The minimum Gasteiger partial charge on any atom is -0.463 e. The number of hydrogen-bond acceptors (Lipinski definition) is 1. The van der Waals surface area contributed by atoms with E-state index in [4.69, 9.17) is 4.74 Å². The summed E-state index contributed by atoms with van der Waals surface area (Å²) in [4.78, 5) is 1.40. The first-order valence-electron chi connectivity index (χ1n) is 4.10. The predicted octanol–water partition coefficient (Wildman–Crippen LogP) is -0.138. The van der Waals surface area contributed by atoms with Gasteiger partial charge in [0, 0.05) is 13.0 Å². The Balaban J connectivity index is 2.14. The van der Waals surface area contributed by atoms with Crippen molar-refractivity contribution in [2.24, 2.45) is 0 Å². The molecule has 0 bridgehead atoms. The third-order valence-corrected chi connectivity index (χ3v) is 2.15. The summed E-state index contributed by atoms with van der Waals surface area (Å²) in [5.41, 5.74) is 0. The molecule has 1 saturated heterocycles. The smallest absolute Gasteiger partial charge is 0.0963 e. The third kappa shape index (κ3) is 1.96. The second-order valence-corrected chi connectivity index (χ2v) is 2.91. The van der Waals surface area contributed by atoms with E-state index in [9.17, 15) is 0 Å². The largest absolute Gasteiger partial charge is 0.463 e. The SMILES string of the molecule is [CH2-][NH+]1CCC[C@H]1COCC. The highest BCUT2D eigenvalue weighted by atomic mass is 16.5. The lowest BCUT2D eigenvalue weighted by atomic mass is 10.2. The molecule has 0 aliphatic carbocycles. The van der Waals surface area contributed by atoms with Gasteiger partial charge in [0.05, 0.1) is 19.2 Å². The minimum atomic E-state index is 0.667. The van der Waals surface area contributed by atoms with E-state index in [0.29, 0.717) is 6.04 Å². The van der Waals surface area contributed by atoms with Crippen LogP contribution in [0.3, 0.4) is 0 Å². The summed E-state index contributed by atoms with van der Waals surface area (Å²) in [6.07, 6.45) is 2.61. The van der Waals surface area contributed by atoms with E-state index in [-0.39, 0.29) is 0 Å². The van der Waals surface area contributed by atoms with E-state index in [1.54, 1.807) is 0 Å². The fourth-order valence-corrected chi connectivity index (χ4v) is 1.45. The normalized spacial score (nSPS) is 33.0. The van der Waals surface area contributed by atoms with Gasteiger partial charge >= 0.3 is 0 Å². The molecule has 1 aliphatic heterocycles. The van der Waals surface area contributed by atoms with Gasteiger partial charge in [-0.05, 0) is 13.3 Å². The van der Waals surface area contributed by atoms with E-state index in [1.807, 2.05) is 6.92 Å². The Kier molecular flexibility index (Phi) is 3.16. The molecule has 2 heteroatoms. The average Bonchev–Trinajstić information content (AvgIpc) is 2.31. The van der Waals surface area contributed by atoms with Gasteiger partial charge in [0.2, 0.25) is 0 Å². The highest BCUT2D eigenvalue weighted by Gasteiger charge is 2.20. The monoisotopic (exact) mass is 143 g/mol. The molecule has 0 spiro atoms. The van der Waals surface area contributed by atoms with Crippen molar-refractivity contribution in [1.82, 2.24) is 0 Å². The van der Waals surface area contributed by atoms with Crippen molar-refractivity contribution in [3.05, 3.63) is 7.05 Å². The molecule has 1 N–H and O–H groups in total. The van der Waals surface area contributed by atoms with E-state index < -0.39 is 0 Å². The van der Waals surface area contributed by atoms with Crippen LogP contribution < -0.4 is 4.90 Å². The Morgan fingerprint density at radius 1 is 1.70 bits per heavy atom. The molecule has 0 amide bonds. The summed E-state index contributed by atoms with van der Waals surface area (Å²) in [5.74, 6) is 0. The number of ether oxygens (including phenoxy) is 1. The first kappa shape index (κ1) is 8.02. The average molecular weight is 143 g/mol. The van der Waals surface area contributed by atoms with E-state index in [0.717, 1.165) is 13.2 Å². The first-order valence-corrected chi connectivity index (χ1v) is 4.10. The molecule has 0 aromatic heterocycles. The molecule has 10 heavy (non-hydrogen) atoms. The van der Waals surface area contributed by atoms with Gasteiger partial charge in [-0.1, -0.05) is 0 Å². The maximum Gasteiger partial charge on any atom is 0.0963 e. The molecule has 1 aliphatic rings. The highest BCUT2D eigenvalue weighted by Crippen LogP contribution is 1.99. The van der Waals surface area contributed by atoms with Crippen LogP contribution in [0.5, 0.6) is 0 Å². The van der Waals surface area contributed by atoms with Gasteiger partial charge in [0.25, 0.3) is 0 Å². The Labute approximate surface area is 63.2 Å². The van der Waals surface area contributed by atoms with Gasteiger partial charge in [-0.2, -0.15) is 7.05 Å². The van der Waals surface area contributed by atoms with Crippen LogP contribution in [0.4, 0.5) is 0 Å². The van der Waals surface area contributed by atoms with Gasteiger partial charge in [-0.15, -0.1) is 0 Å². The molecule has 1 unspecified atom stereocenters. The molecule has 0 aromatic carbocycles. The Morgan fingerprint density at radius 3 is 3.00 bits per heavy atom. The summed E-state index contributed by atoms with van der Waals surface area (Å²) >= 11 is 0. The zero-order valence-electron chi connectivity index (χ0n) is 6.73. The zero-order valence-corrected chi connectivity index (χ0v) is 6.73. The van der Waals surface area contributed by atoms with Gasteiger partial charge in [-0.25, -0.2) is 0 Å². The van der Waals surface area contributed by atoms with E-state index in [2.05, 4.69) is 7.05 Å². The number of rotatable bonds is 3. The maximum atomic E-state index is 5.33. The lowest BCUT2D eigenvalue weighted by molar-refractivity contribution is -0.867. The molecule has 0 aromatic rings.